The first-order chi connectivity index (χ1) is 9.16. The maximum Gasteiger partial charge on any atom is 0.231 e. The second-order valence-corrected chi connectivity index (χ2v) is 5.32. The maximum atomic E-state index is 11.9. The molecule has 2 aliphatic rings. The highest BCUT2D eigenvalue weighted by Gasteiger charge is 2.34. The molecule has 1 aromatic rings. The Balaban J connectivity index is 1.57. The summed E-state index contributed by atoms with van der Waals surface area (Å²) in [6.45, 7) is 0.688. The normalized spacial score (nSPS) is 18.8. The summed E-state index contributed by atoms with van der Waals surface area (Å²) in [5, 5.41) is 2.90. The number of hydrogen-bond acceptors (Lipinski definition) is 4. The van der Waals surface area contributed by atoms with Gasteiger partial charge in [-0.05, 0) is 25.3 Å². The van der Waals surface area contributed by atoms with Gasteiger partial charge in [0.1, 0.15) is 0 Å². The molecule has 0 atom stereocenters. The standard InChI is InChI=1S/C14H18N2O3/c15-14(5-2-6-14)7-12(17)16-8-10-3-1-4-11-13(10)19-9-18-11/h1,3-4H,2,5-9,15H2,(H,16,17). The van der Waals surface area contributed by atoms with E-state index in [4.69, 9.17) is 15.2 Å². The van der Waals surface area contributed by atoms with E-state index < -0.39 is 0 Å². The minimum atomic E-state index is -0.275. The van der Waals surface area contributed by atoms with Crippen LogP contribution in [0.5, 0.6) is 11.5 Å². The van der Waals surface area contributed by atoms with Crippen LogP contribution in [0.15, 0.2) is 18.2 Å². The summed E-state index contributed by atoms with van der Waals surface area (Å²) >= 11 is 0. The summed E-state index contributed by atoms with van der Waals surface area (Å²) < 4.78 is 10.7. The number of carbonyl (C=O) groups is 1. The fourth-order valence-corrected chi connectivity index (χ4v) is 2.51. The number of ether oxygens (including phenoxy) is 2. The van der Waals surface area contributed by atoms with Crippen LogP contribution in [-0.4, -0.2) is 18.2 Å². The molecule has 0 bridgehead atoms. The smallest absolute Gasteiger partial charge is 0.231 e. The van der Waals surface area contributed by atoms with E-state index in [0.717, 1.165) is 36.3 Å². The molecule has 1 heterocycles. The van der Waals surface area contributed by atoms with Gasteiger partial charge >= 0.3 is 0 Å². The first-order valence-electron chi connectivity index (χ1n) is 6.59. The number of fused-ring (bicyclic) bond motifs is 1. The lowest BCUT2D eigenvalue weighted by Crippen LogP contribution is -2.49. The van der Waals surface area contributed by atoms with Crippen molar-refractivity contribution in [3.8, 4) is 11.5 Å². The van der Waals surface area contributed by atoms with Crippen LogP contribution in [-0.2, 0) is 11.3 Å². The zero-order valence-electron chi connectivity index (χ0n) is 10.8. The largest absolute Gasteiger partial charge is 0.454 e. The number of nitrogens with two attached hydrogens (primary N) is 1. The van der Waals surface area contributed by atoms with E-state index in [0.29, 0.717) is 13.0 Å². The quantitative estimate of drug-likeness (QED) is 0.858. The Kier molecular flexibility index (Phi) is 3.06. The van der Waals surface area contributed by atoms with Crippen LogP contribution in [0.2, 0.25) is 0 Å². The fraction of sp³-hybridized carbons (Fsp3) is 0.500. The highest BCUT2D eigenvalue weighted by molar-refractivity contribution is 5.77. The Bertz CT molecular complexity index is 497. The van der Waals surface area contributed by atoms with Gasteiger partial charge < -0.3 is 20.5 Å². The first-order valence-corrected chi connectivity index (χ1v) is 6.59. The number of nitrogens with one attached hydrogen (secondary N) is 1. The molecule has 19 heavy (non-hydrogen) atoms. The lowest BCUT2D eigenvalue weighted by atomic mass is 9.75. The molecule has 0 aromatic heterocycles. The van der Waals surface area contributed by atoms with Crippen LogP contribution in [0.1, 0.15) is 31.2 Å². The maximum absolute atomic E-state index is 11.9. The van der Waals surface area contributed by atoms with Crippen LogP contribution in [0, 0.1) is 0 Å². The molecule has 0 unspecified atom stereocenters. The predicted octanol–water partition coefficient (Wildman–Crippen LogP) is 1.30. The molecule has 0 saturated heterocycles. The van der Waals surface area contributed by atoms with Crippen molar-refractivity contribution in [2.24, 2.45) is 5.73 Å². The highest BCUT2D eigenvalue weighted by Crippen LogP contribution is 2.35. The van der Waals surface area contributed by atoms with E-state index >= 15 is 0 Å². The van der Waals surface area contributed by atoms with Crippen molar-refractivity contribution in [2.45, 2.75) is 37.8 Å². The Labute approximate surface area is 112 Å². The average Bonchev–Trinajstić information content (AvgIpc) is 2.83. The third kappa shape index (κ3) is 2.51. The summed E-state index contributed by atoms with van der Waals surface area (Å²) in [5.41, 5.74) is 6.72. The van der Waals surface area contributed by atoms with Gasteiger partial charge in [-0.25, -0.2) is 0 Å². The molecule has 0 radical (unpaired) electrons. The topological polar surface area (TPSA) is 73.6 Å². The monoisotopic (exact) mass is 262 g/mol. The van der Waals surface area contributed by atoms with Crippen molar-refractivity contribution in [1.29, 1.82) is 0 Å². The molecule has 3 N–H and O–H groups in total. The molecule has 5 heteroatoms. The van der Waals surface area contributed by atoms with Gasteiger partial charge in [-0.2, -0.15) is 0 Å². The van der Waals surface area contributed by atoms with Gasteiger partial charge in [-0.3, -0.25) is 4.79 Å². The van der Waals surface area contributed by atoms with Gasteiger partial charge in [0.25, 0.3) is 0 Å². The number of hydrogen-bond donors (Lipinski definition) is 2. The van der Waals surface area contributed by atoms with E-state index in [2.05, 4.69) is 5.32 Å². The number of carbonyl (C=O) groups excluding carboxylic acids is 1. The summed E-state index contributed by atoms with van der Waals surface area (Å²) in [6, 6.07) is 5.68. The van der Waals surface area contributed by atoms with Crippen LogP contribution >= 0.6 is 0 Å². The summed E-state index contributed by atoms with van der Waals surface area (Å²) in [7, 11) is 0. The van der Waals surface area contributed by atoms with Gasteiger partial charge in [0.2, 0.25) is 12.7 Å². The molecule has 5 nitrogen and oxygen atoms in total. The van der Waals surface area contributed by atoms with Gasteiger partial charge in [0.05, 0.1) is 0 Å². The average molecular weight is 262 g/mol. The first kappa shape index (κ1) is 12.3. The third-order valence-corrected chi connectivity index (χ3v) is 3.82. The Morgan fingerprint density at radius 3 is 2.95 bits per heavy atom. The van der Waals surface area contributed by atoms with Gasteiger partial charge in [0, 0.05) is 24.1 Å². The predicted molar refractivity (Wildman–Crippen MR) is 69.8 cm³/mol. The molecule has 1 aliphatic carbocycles. The molecule has 1 amide bonds. The number of amides is 1. The zero-order chi connectivity index (χ0) is 13.3. The van der Waals surface area contributed by atoms with E-state index in [1.807, 2.05) is 18.2 Å². The Hall–Kier alpha value is -1.75. The van der Waals surface area contributed by atoms with Gasteiger partial charge in [0.15, 0.2) is 11.5 Å². The van der Waals surface area contributed by atoms with Crippen molar-refractivity contribution in [2.75, 3.05) is 6.79 Å². The number of para-hydroxylation sites is 1. The summed E-state index contributed by atoms with van der Waals surface area (Å²) in [5.74, 6) is 1.47. The van der Waals surface area contributed by atoms with E-state index in [-0.39, 0.29) is 18.2 Å². The van der Waals surface area contributed by atoms with E-state index in [1.54, 1.807) is 0 Å². The van der Waals surface area contributed by atoms with Crippen molar-refractivity contribution < 1.29 is 14.3 Å². The zero-order valence-corrected chi connectivity index (χ0v) is 10.8. The SMILES string of the molecule is NC1(CC(=O)NCc2cccc3c2OCO3)CCC1. The van der Waals surface area contributed by atoms with Crippen LogP contribution in [0.25, 0.3) is 0 Å². The molecule has 1 aliphatic heterocycles. The van der Waals surface area contributed by atoms with Crippen molar-refractivity contribution >= 4 is 5.91 Å². The molecule has 1 aromatic carbocycles. The Morgan fingerprint density at radius 2 is 2.21 bits per heavy atom. The molecule has 3 rings (SSSR count). The molecule has 102 valence electrons. The minimum Gasteiger partial charge on any atom is -0.454 e. The van der Waals surface area contributed by atoms with Crippen LogP contribution < -0.4 is 20.5 Å². The fourth-order valence-electron chi connectivity index (χ4n) is 2.51. The van der Waals surface area contributed by atoms with Crippen molar-refractivity contribution in [3.63, 3.8) is 0 Å². The second kappa shape index (κ2) is 4.74. The summed E-state index contributed by atoms with van der Waals surface area (Å²) in [6.07, 6.45) is 3.41. The molecular weight excluding hydrogens is 244 g/mol. The second-order valence-electron chi connectivity index (χ2n) is 5.32. The number of rotatable bonds is 4. The lowest BCUT2D eigenvalue weighted by Gasteiger charge is -2.37. The third-order valence-electron chi connectivity index (χ3n) is 3.82. The molecule has 1 fully saturated rings. The lowest BCUT2D eigenvalue weighted by molar-refractivity contribution is -0.123. The highest BCUT2D eigenvalue weighted by atomic mass is 16.7. The molecule has 0 spiro atoms. The van der Waals surface area contributed by atoms with Crippen molar-refractivity contribution in [3.05, 3.63) is 23.8 Å². The number of benzene rings is 1. The van der Waals surface area contributed by atoms with E-state index in [1.165, 1.54) is 0 Å². The van der Waals surface area contributed by atoms with Crippen molar-refractivity contribution in [1.82, 2.24) is 5.32 Å². The Morgan fingerprint density at radius 1 is 1.37 bits per heavy atom. The molecular formula is C14H18N2O3. The summed E-state index contributed by atoms with van der Waals surface area (Å²) in [4.78, 5) is 11.9. The van der Waals surface area contributed by atoms with E-state index in [9.17, 15) is 4.79 Å². The van der Waals surface area contributed by atoms with Crippen LogP contribution in [0.4, 0.5) is 0 Å². The minimum absolute atomic E-state index is 0.00119. The van der Waals surface area contributed by atoms with Gasteiger partial charge in [-0.15, -0.1) is 0 Å². The molecule has 1 saturated carbocycles. The van der Waals surface area contributed by atoms with Crippen LogP contribution in [0.3, 0.4) is 0 Å². The van der Waals surface area contributed by atoms with Gasteiger partial charge in [-0.1, -0.05) is 12.1 Å².